The molecular formula is C25H23FN2O4. The molecule has 4 aromatic rings. The fraction of sp³-hybridized carbons (Fsp3) is 0.160. The molecule has 0 unspecified atom stereocenters. The Morgan fingerprint density at radius 2 is 1.25 bits per heavy atom. The molecule has 6 nitrogen and oxygen atoms in total. The molecule has 0 amide bonds. The van der Waals surface area contributed by atoms with Gasteiger partial charge in [0.1, 0.15) is 5.82 Å². The van der Waals surface area contributed by atoms with Gasteiger partial charge in [0.15, 0.2) is 23.0 Å². The van der Waals surface area contributed by atoms with Gasteiger partial charge in [0.05, 0.1) is 45.5 Å². The van der Waals surface area contributed by atoms with Crippen molar-refractivity contribution in [3.63, 3.8) is 0 Å². The molecule has 1 heterocycles. The molecule has 0 spiro atoms. The van der Waals surface area contributed by atoms with Crippen LogP contribution in [0.4, 0.5) is 4.39 Å². The van der Waals surface area contributed by atoms with E-state index in [4.69, 9.17) is 24.0 Å². The molecule has 3 aromatic carbocycles. The molecule has 7 heteroatoms. The van der Waals surface area contributed by atoms with Crippen molar-refractivity contribution in [1.29, 1.82) is 0 Å². The van der Waals surface area contributed by atoms with Gasteiger partial charge in [-0.3, -0.25) is 0 Å². The zero-order valence-corrected chi connectivity index (χ0v) is 18.3. The molecule has 0 saturated heterocycles. The van der Waals surface area contributed by atoms with Crippen molar-refractivity contribution in [1.82, 2.24) is 9.78 Å². The van der Waals surface area contributed by atoms with Crippen LogP contribution in [0.15, 0.2) is 66.7 Å². The second-order valence-electron chi connectivity index (χ2n) is 6.95. The summed E-state index contributed by atoms with van der Waals surface area (Å²) in [5.74, 6) is 2.08. The Balaban J connectivity index is 1.90. The molecule has 0 aliphatic carbocycles. The summed E-state index contributed by atoms with van der Waals surface area (Å²) in [6.07, 6.45) is 0. The van der Waals surface area contributed by atoms with Crippen molar-refractivity contribution >= 4 is 0 Å². The molecule has 32 heavy (non-hydrogen) atoms. The van der Waals surface area contributed by atoms with Gasteiger partial charge in [-0.1, -0.05) is 6.07 Å². The fourth-order valence-electron chi connectivity index (χ4n) is 3.52. The highest BCUT2D eigenvalue weighted by molar-refractivity contribution is 5.73. The van der Waals surface area contributed by atoms with Gasteiger partial charge >= 0.3 is 0 Å². The number of benzene rings is 3. The second-order valence-corrected chi connectivity index (χ2v) is 6.95. The first-order valence-electron chi connectivity index (χ1n) is 9.88. The first-order chi connectivity index (χ1) is 15.6. The SMILES string of the molecule is COc1ccc(-c2cc(-c3ccc(OC)c(OC)c3)n(-c3cccc(F)c3)n2)cc1OC. The van der Waals surface area contributed by atoms with Crippen molar-refractivity contribution in [3.8, 4) is 51.2 Å². The number of hydrogen-bond acceptors (Lipinski definition) is 5. The molecule has 0 N–H and O–H groups in total. The molecule has 4 rings (SSSR count). The van der Waals surface area contributed by atoms with Crippen molar-refractivity contribution < 1.29 is 23.3 Å². The van der Waals surface area contributed by atoms with Crippen LogP contribution in [0.2, 0.25) is 0 Å². The first-order valence-corrected chi connectivity index (χ1v) is 9.88. The lowest BCUT2D eigenvalue weighted by Gasteiger charge is -2.11. The van der Waals surface area contributed by atoms with Gasteiger partial charge in [-0.05, 0) is 60.7 Å². The predicted octanol–water partition coefficient (Wildman–Crippen LogP) is 5.38. The van der Waals surface area contributed by atoms with E-state index in [1.54, 1.807) is 45.3 Å². The Hall–Kier alpha value is -4.00. The third-order valence-corrected chi connectivity index (χ3v) is 5.12. The normalized spacial score (nSPS) is 10.7. The van der Waals surface area contributed by atoms with Crippen LogP contribution >= 0.6 is 0 Å². The summed E-state index contributed by atoms with van der Waals surface area (Å²) in [7, 11) is 6.34. The number of nitrogens with zero attached hydrogens (tertiary/aromatic N) is 2. The molecule has 0 aliphatic heterocycles. The maximum Gasteiger partial charge on any atom is 0.161 e. The van der Waals surface area contributed by atoms with Crippen molar-refractivity contribution in [2.24, 2.45) is 0 Å². The van der Waals surface area contributed by atoms with E-state index < -0.39 is 0 Å². The van der Waals surface area contributed by atoms with Gasteiger partial charge in [-0.25, -0.2) is 9.07 Å². The summed E-state index contributed by atoms with van der Waals surface area (Å²) < 4.78 is 37.3. The molecule has 0 fully saturated rings. The zero-order valence-electron chi connectivity index (χ0n) is 18.3. The van der Waals surface area contributed by atoms with E-state index in [-0.39, 0.29) is 5.82 Å². The smallest absolute Gasteiger partial charge is 0.161 e. The Labute approximate surface area is 185 Å². The molecular weight excluding hydrogens is 411 g/mol. The summed E-state index contributed by atoms with van der Waals surface area (Å²) in [5.41, 5.74) is 3.73. The average molecular weight is 434 g/mol. The minimum atomic E-state index is -0.344. The minimum Gasteiger partial charge on any atom is -0.493 e. The van der Waals surface area contributed by atoms with E-state index in [0.29, 0.717) is 34.4 Å². The van der Waals surface area contributed by atoms with E-state index in [0.717, 1.165) is 16.8 Å². The largest absolute Gasteiger partial charge is 0.493 e. The Bertz CT molecular complexity index is 1250. The Morgan fingerprint density at radius 3 is 1.84 bits per heavy atom. The molecule has 1 aromatic heterocycles. The van der Waals surface area contributed by atoms with E-state index in [1.165, 1.54) is 12.1 Å². The number of methoxy groups -OCH3 is 4. The third kappa shape index (κ3) is 3.97. The topological polar surface area (TPSA) is 54.7 Å². The number of rotatable bonds is 7. The predicted molar refractivity (Wildman–Crippen MR) is 121 cm³/mol. The summed E-state index contributed by atoms with van der Waals surface area (Å²) in [5, 5.41) is 4.78. The highest BCUT2D eigenvalue weighted by atomic mass is 19.1. The van der Waals surface area contributed by atoms with Crippen LogP contribution in [0, 0.1) is 5.82 Å². The molecule has 0 radical (unpaired) electrons. The van der Waals surface area contributed by atoms with Crippen LogP contribution in [0.3, 0.4) is 0 Å². The molecule has 0 atom stereocenters. The van der Waals surface area contributed by atoms with Crippen LogP contribution in [0.25, 0.3) is 28.2 Å². The van der Waals surface area contributed by atoms with E-state index in [2.05, 4.69) is 0 Å². The first kappa shape index (κ1) is 21.2. The Kier molecular flexibility index (Phi) is 5.98. The lowest BCUT2D eigenvalue weighted by molar-refractivity contribution is 0.355. The summed E-state index contributed by atoms with van der Waals surface area (Å²) in [6.45, 7) is 0. The van der Waals surface area contributed by atoms with Gasteiger partial charge < -0.3 is 18.9 Å². The maximum atomic E-state index is 14.0. The van der Waals surface area contributed by atoms with Crippen molar-refractivity contribution in [2.45, 2.75) is 0 Å². The van der Waals surface area contributed by atoms with Crippen LogP contribution in [0.1, 0.15) is 0 Å². The standard InChI is InChI=1S/C25H23FN2O4/c1-29-22-10-8-16(12-24(22)31-3)20-15-21(17-9-11-23(30-2)25(13-17)32-4)28(27-20)19-7-5-6-18(26)14-19/h5-15H,1-4H3. The van der Waals surface area contributed by atoms with E-state index >= 15 is 0 Å². The lowest BCUT2D eigenvalue weighted by Crippen LogP contribution is -2.00. The van der Waals surface area contributed by atoms with E-state index in [9.17, 15) is 4.39 Å². The van der Waals surface area contributed by atoms with Gasteiger partial charge in [-0.2, -0.15) is 5.10 Å². The maximum absolute atomic E-state index is 14.0. The average Bonchev–Trinajstić information content (AvgIpc) is 3.28. The Morgan fingerprint density at radius 1 is 0.656 bits per heavy atom. The molecule has 0 aliphatic rings. The van der Waals surface area contributed by atoms with Crippen molar-refractivity contribution in [2.75, 3.05) is 28.4 Å². The summed E-state index contributed by atoms with van der Waals surface area (Å²) in [6, 6.07) is 19.4. The highest BCUT2D eigenvalue weighted by Gasteiger charge is 2.17. The highest BCUT2D eigenvalue weighted by Crippen LogP contribution is 2.37. The quantitative estimate of drug-likeness (QED) is 0.391. The van der Waals surface area contributed by atoms with Gasteiger partial charge in [0.2, 0.25) is 0 Å². The minimum absolute atomic E-state index is 0.344. The van der Waals surface area contributed by atoms with Crippen LogP contribution in [0.5, 0.6) is 23.0 Å². The van der Waals surface area contributed by atoms with Crippen LogP contribution < -0.4 is 18.9 Å². The summed E-state index contributed by atoms with van der Waals surface area (Å²) in [4.78, 5) is 0. The van der Waals surface area contributed by atoms with Gasteiger partial charge in [-0.15, -0.1) is 0 Å². The molecule has 0 saturated carbocycles. The van der Waals surface area contributed by atoms with Gasteiger partial charge in [0, 0.05) is 11.1 Å². The van der Waals surface area contributed by atoms with Crippen LogP contribution in [-0.2, 0) is 0 Å². The molecule has 0 bridgehead atoms. The number of hydrogen-bond donors (Lipinski definition) is 0. The van der Waals surface area contributed by atoms with Gasteiger partial charge in [0.25, 0.3) is 0 Å². The van der Waals surface area contributed by atoms with Crippen LogP contribution in [-0.4, -0.2) is 38.2 Å². The van der Waals surface area contributed by atoms with Crippen molar-refractivity contribution in [3.05, 3.63) is 72.5 Å². The monoisotopic (exact) mass is 434 g/mol. The summed E-state index contributed by atoms with van der Waals surface area (Å²) >= 11 is 0. The number of ether oxygens (including phenoxy) is 4. The number of halogens is 1. The molecule has 164 valence electrons. The second kappa shape index (κ2) is 9.01. The zero-order chi connectivity index (χ0) is 22.7. The number of aromatic nitrogens is 2. The lowest BCUT2D eigenvalue weighted by atomic mass is 10.1. The fourth-order valence-corrected chi connectivity index (χ4v) is 3.52. The third-order valence-electron chi connectivity index (χ3n) is 5.12. The van der Waals surface area contributed by atoms with E-state index in [1.807, 2.05) is 42.5 Å².